The average molecular weight is 406 g/mol. The second-order valence-electron chi connectivity index (χ2n) is 8.08. The van der Waals surface area contributed by atoms with E-state index in [-0.39, 0.29) is 12.4 Å². The number of hydrogen-bond acceptors (Lipinski definition) is 1. The standard InChI is InChI=1S/C27H31N.ClH/c1-4-10-22(11-5-1)23-16-18-26(19-17-23)28-21-20-27(24-12-6-2-7-13-24)25-14-8-3-9-15-25;/h1-15,23,26-28H,16-21H2;1H. The molecule has 3 aromatic rings. The van der Waals surface area contributed by atoms with E-state index in [2.05, 4.69) is 96.3 Å². The first-order chi connectivity index (χ1) is 13.9. The van der Waals surface area contributed by atoms with Crippen molar-refractivity contribution in [2.24, 2.45) is 0 Å². The molecule has 0 unspecified atom stereocenters. The van der Waals surface area contributed by atoms with Gasteiger partial charge in [0.05, 0.1) is 0 Å². The van der Waals surface area contributed by atoms with E-state index in [1.807, 2.05) is 0 Å². The van der Waals surface area contributed by atoms with Crippen LogP contribution < -0.4 is 5.32 Å². The molecule has 3 aromatic carbocycles. The van der Waals surface area contributed by atoms with Crippen molar-refractivity contribution in [2.75, 3.05) is 6.54 Å². The largest absolute Gasteiger partial charge is 0.314 e. The Kier molecular flexibility index (Phi) is 8.34. The molecule has 4 rings (SSSR count). The summed E-state index contributed by atoms with van der Waals surface area (Å²) in [5.74, 6) is 1.22. The van der Waals surface area contributed by atoms with Crippen molar-refractivity contribution >= 4 is 12.4 Å². The van der Waals surface area contributed by atoms with Crippen molar-refractivity contribution in [1.29, 1.82) is 0 Å². The molecule has 1 saturated carbocycles. The van der Waals surface area contributed by atoms with Crippen LogP contribution in [0, 0.1) is 0 Å². The van der Waals surface area contributed by atoms with Gasteiger partial charge in [-0.1, -0.05) is 91.0 Å². The Balaban J connectivity index is 0.00000240. The van der Waals surface area contributed by atoms with Gasteiger partial charge in [-0.15, -0.1) is 12.4 Å². The first-order valence-corrected chi connectivity index (χ1v) is 10.8. The second-order valence-corrected chi connectivity index (χ2v) is 8.08. The summed E-state index contributed by atoms with van der Waals surface area (Å²) < 4.78 is 0. The van der Waals surface area contributed by atoms with E-state index in [9.17, 15) is 0 Å². The lowest BCUT2D eigenvalue weighted by Gasteiger charge is -2.30. The Morgan fingerprint density at radius 3 is 1.66 bits per heavy atom. The van der Waals surface area contributed by atoms with Crippen molar-refractivity contribution < 1.29 is 0 Å². The van der Waals surface area contributed by atoms with Crippen LogP contribution in [0.4, 0.5) is 0 Å². The van der Waals surface area contributed by atoms with Crippen LogP contribution in [0.5, 0.6) is 0 Å². The van der Waals surface area contributed by atoms with Crippen LogP contribution in [0.1, 0.15) is 60.6 Å². The van der Waals surface area contributed by atoms with Gasteiger partial charge in [-0.3, -0.25) is 0 Å². The zero-order valence-electron chi connectivity index (χ0n) is 17.0. The highest BCUT2D eigenvalue weighted by Gasteiger charge is 2.22. The lowest BCUT2D eigenvalue weighted by molar-refractivity contribution is 0.340. The highest BCUT2D eigenvalue weighted by atomic mass is 35.5. The summed E-state index contributed by atoms with van der Waals surface area (Å²) in [5, 5.41) is 3.86. The Bertz CT molecular complexity index is 771. The molecular formula is C27H32ClN. The molecule has 1 aliphatic rings. The number of benzene rings is 3. The molecule has 1 aliphatic carbocycles. The molecular weight excluding hydrogens is 374 g/mol. The van der Waals surface area contributed by atoms with Gasteiger partial charge in [-0.05, 0) is 61.3 Å². The van der Waals surface area contributed by atoms with E-state index in [1.54, 1.807) is 0 Å². The van der Waals surface area contributed by atoms with E-state index in [0.717, 1.165) is 18.9 Å². The summed E-state index contributed by atoms with van der Waals surface area (Å²) in [7, 11) is 0. The SMILES string of the molecule is Cl.c1ccc(C2CCC(NCCC(c3ccccc3)c3ccccc3)CC2)cc1. The predicted octanol–water partition coefficient (Wildman–Crippen LogP) is 6.95. The van der Waals surface area contributed by atoms with Crippen molar-refractivity contribution in [2.45, 2.75) is 50.0 Å². The Labute approximate surface area is 182 Å². The van der Waals surface area contributed by atoms with Crippen LogP contribution in [-0.2, 0) is 0 Å². The first kappa shape index (κ1) is 21.6. The minimum atomic E-state index is 0. The molecule has 0 aromatic heterocycles. The molecule has 0 amide bonds. The van der Waals surface area contributed by atoms with Crippen molar-refractivity contribution in [3.05, 3.63) is 108 Å². The number of rotatable bonds is 7. The van der Waals surface area contributed by atoms with Gasteiger partial charge < -0.3 is 5.32 Å². The summed E-state index contributed by atoms with van der Waals surface area (Å²) in [4.78, 5) is 0. The maximum absolute atomic E-state index is 3.86. The smallest absolute Gasteiger partial charge is 0.0101 e. The molecule has 29 heavy (non-hydrogen) atoms. The molecule has 2 heteroatoms. The van der Waals surface area contributed by atoms with Crippen LogP contribution in [0.15, 0.2) is 91.0 Å². The Morgan fingerprint density at radius 1 is 0.655 bits per heavy atom. The van der Waals surface area contributed by atoms with E-state index in [0.29, 0.717) is 12.0 Å². The van der Waals surface area contributed by atoms with Crippen LogP contribution in [0.3, 0.4) is 0 Å². The van der Waals surface area contributed by atoms with Crippen molar-refractivity contribution in [3.8, 4) is 0 Å². The van der Waals surface area contributed by atoms with Crippen molar-refractivity contribution in [3.63, 3.8) is 0 Å². The molecule has 0 bridgehead atoms. The minimum Gasteiger partial charge on any atom is -0.314 e. The quantitative estimate of drug-likeness (QED) is 0.448. The van der Waals surface area contributed by atoms with Gasteiger partial charge in [-0.2, -0.15) is 0 Å². The summed E-state index contributed by atoms with van der Waals surface area (Å²) in [6.45, 7) is 1.08. The first-order valence-electron chi connectivity index (χ1n) is 10.8. The summed E-state index contributed by atoms with van der Waals surface area (Å²) in [5.41, 5.74) is 4.36. The van der Waals surface area contributed by atoms with E-state index < -0.39 is 0 Å². The molecule has 0 radical (unpaired) electrons. The van der Waals surface area contributed by atoms with Gasteiger partial charge in [0, 0.05) is 12.0 Å². The fourth-order valence-electron chi connectivity index (χ4n) is 4.68. The molecule has 0 aliphatic heterocycles. The number of hydrogen-bond donors (Lipinski definition) is 1. The second kappa shape index (κ2) is 11.2. The third-order valence-corrected chi connectivity index (χ3v) is 6.27. The molecule has 0 atom stereocenters. The molecule has 152 valence electrons. The van der Waals surface area contributed by atoms with E-state index in [1.165, 1.54) is 42.4 Å². The highest BCUT2D eigenvalue weighted by Crippen LogP contribution is 2.33. The topological polar surface area (TPSA) is 12.0 Å². The van der Waals surface area contributed by atoms with Gasteiger partial charge in [0.2, 0.25) is 0 Å². The monoisotopic (exact) mass is 405 g/mol. The Morgan fingerprint density at radius 2 is 1.14 bits per heavy atom. The third-order valence-electron chi connectivity index (χ3n) is 6.27. The van der Waals surface area contributed by atoms with Crippen LogP contribution in [0.25, 0.3) is 0 Å². The number of halogens is 1. The van der Waals surface area contributed by atoms with Gasteiger partial charge in [0.25, 0.3) is 0 Å². The van der Waals surface area contributed by atoms with Gasteiger partial charge in [0.1, 0.15) is 0 Å². The predicted molar refractivity (Wildman–Crippen MR) is 126 cm³/mol. The summed E-state index contributed by atoms with van der Waals surface area (Å²) in [6.07, 6.45) is 6.35. The number of nitrogens with one attached hydrogen (secondary N) is 1. The third kappa shape index (κ3) is 5.95. The fraction of sp³-hybridized carbons (Fsp3) is 0.333. The van der Waals surface area contributed by atoms with E-state index in [4.69, 9.17) is 0 Å². The van der Waals surface area contributed by atoms with Gasteiger partial charge >= 0.3 is 0 Å². The lowest BCUT2D eigenvalue weighted by Crippen LogP contribution is -2.34. The zero-order valence-corrected chi connectivity index (χ0v) is 17.9. The molecule has 0 heterocycles. The summed E-state index contributed by atoms with van der Waals surface area (Å²) in [6, 6.07) is 33.6. The summed E-state index contributed by atoms with van der Waals surface area (Å²) >= 11 is 0. The zero-order chi connectivity index (χ0) is 19.0. The maximum atomic E-state index is 3.86. The fourth-order valence-corrected chi connectivity index (χ4v) is 4.68. The van der Waals surface area contributed by atoms with Crippen LogP contribution in [0.2, 0.25) is 0 Å². The molecule has 1 N–H and O–H groups in total. The highest BCUT2D eigenvalue weighted by molar-refractivity contribution is 5.85. The molecule has 1 fully saturated rings. The van der Waals surface area contributed by atoms with Crippen LogP contribution in [-0.4, -0.2) is 12.6 Å². The molecule has 1 nitrogen and oxygen atoms in total. The lowest BCUT2D eigenvalue weighted by atomic mass is 9.81. The average Bonchev–Trinajstić information content (AvgIpc) is 2.79. The van der Waals surface area contributed by atoms with Gasteiger partial charge in [-0.25, -0.2) is 0 Å². The molecule has 0 saturated heterocycles. The van der Waals surface area contributed by atoms with Crippen molar-refractivity contribution in [1.82, 2.24) is 5.32 Å². The van der Waals surface area contributed by atoms with Crippen LogP contribution >= 0.6 is 12.4 Å². The van der Waals surface area contributed by atoms with E-state index >= 15 is 0 Å². The molecule has 0 spiro atoms. The van der Waals surface area contributed by atoms with Gasteiger partial charge in [0.15, 0.2) is 0 Å². The Hall–Kier alpha value is -2.09. The maximum Gasteiger partial charge on any atom is 0.0101 e. The minimum absolute atomic E-state index is 0. The normalized spacial score (nSPS) is 18.9.